The zero-order chi connectivity index (χ0) is 15.4. The van der Waals surface area contributed by atoms with Gasteiger partial charge in [-0.3, -0.25) is 4.99 Å². The van der Waals surface area contributed by atoms with E-state index in [4.69, 9.17) is 4.99 Å². The van der Waals surface area contributed by atoms with Crippen molar-refractivity contribution >= 4 is 5.71 Å². The molecule has 112 valence electrons. The van der Waals surface area contributed by atoms with Crippen LogP contribution in [0.5, 0.6) is 0 Å². The summed E-state index contributed by atoms with van der Waals surface area (Å²) in [6, 6.07) is 8.75. The maximum atomic E-state index is 4.77. The lowest BCUT2D eigenvalue weighted by Crippen LogP contribution is -2.08. The Bertz CT molecular complexity index is 602. The van der Waals surface area contributed by atoms with Gasteiger partial charge in [-0.15, -0.1) is 0 Å². The summed E-state index contributed by atoms with van der Waals surface area (Å²) in [6.45, 7) is 12.0. The molecule has 0 bridgehead atoms. The van der Waals surface area contributed by atoms with Crippen molar-refractivity contribution in [2.24, 2.45) is 4.99 Å². The smallest absolute Gasteiger partial charge is 0.0392 e. The molecule has 0 amide bonds. The van der Waals surface area contributed by atoms with E-state index in [1.807, 2.05) is 0 Å². The first-order valence-corrected chi connectivity index (χ1v) is 8.02. The van der Waals surface area contributed by atoms with E-state index in [-0.39, 0.29) is 0 Å². The van der Waals surface area contributed by atoms with Crippen molar-refractivity contribution in [2.75, 3.05) is 6.54 Å². The Labute approximate surface area is 129 Å². The van der Waals surface area contributed by atoms with Crippen LogP contribution in [0.4, 0.5) is 0 Å². The first-order chi connectivity index (χ1) is 10.1. The predicted molar refractivity (Wildman–Crippen MR) is 93.3 cm³/mol. The largest absolute Gasteiger partial charge is 0.289 e. The number of nitrogens with zero attached hydrogens (tertiary/aromatic N) is 1. The van der Waals surface area contributed by atoms with E-state index in [1.54, 1.807) is 0 Å². The lowest BCUT2D eigenvalue weighted by atomic mass is 9.85. The lowest BCUT2D eigenvalue weighted by Gasteiger charge is -2.19. The third-order valence-corrected chi connectivity index (χ3v) is 4.48. The fourth-order valence-corrected chi connectivity index (χ4v) is 3.15. The Morgan fingerprint density at radius 3 is 2.48 bits per heavy atom. The Kier molecular flexibility index (Phi) is 5.17. The molecule has 0 saturated heterocycles. The molecule has 1 aromatic rings. The van der Waals surface area contributed by atoms with Gasteiger partial charge in [0.1, 0.15) is 0 Å². The first-order valence-electron chi connectivity index (χ1n) is 8.02. The number of benzene rings is 1. The monoisotopic (exact) mass is 281 g/mol. The highest BCUT2D eigenvalue weighted by Crippen LogP contribution is 2.40. The van der Waals surface area contributed by atoms with Crippen LogP contribution in [0.1, 0.15) is 64.5 Å². The van der Waals surface area contributed by atoms with E-state index < -0.39 is 0 Å². The topological polar surface area (TPSA) is 12.4 Å². The van der Waals surface area contributed by atoms with Crippen molar-refractivity contribution in [3.05, 3.63) is 58.2 Å². The van der Waals surface area contributed by atoms with Gasteiger partial charge in [0.05, 0.1) is 0 Å². The molecule has 0 fully saturated rings. The Balaban J connectivity index is 2.39. The highest BCUT2D eigenvalue weighted by molar-refractivity contribution is 6.00. The van der Waals surface area contributed by atoms with Crippen molar-refractivity contribution in [1.29, 1.82) is 0 Å². The number of rotatable bonds is 5. The highest BCUT2D eigenvalue weighted by atomic mass is 14.7. The van der Waals surface area contributed by atoms with Gasteiger partial charge in [0.2, 0.25) is 0 Å². The molecule has 1 aliphatic rings. The van der Waals surface area contributed by atoms with Crippen molar-refractivity contribution in [2.45, 2.75) is 53.4 Å². The Hall–Kier alpha value is -1.63. The summed E-state index contributed by atoms with van der Waals surface area (Å²) in [5.74, 6) is 0.428. The van der Waals surface area contributed by atoms with Gasteiger partial charge in [0.25, 0.3) is 0 Å². The molecule has 0 aromatic heterocycles. The molecular weight excluding hydrogens is 254 g/mol. The number of aliphatic imine (C=N–C) groups is 1. The van der Waals surface area contributed by atoms with Crippen molar-refractivity contribution in [3.8, 4) is 0 Å². The van der Waals surface area contributed by atoms with Crippen LogP contribution in [0, 0.1) is 0 Å². The maximum Gasteiger partial charge on any atom is 0.0392 e. The predicted octanol–water partition coefficient (Wildman–Crippen LogP) is 5.68. The summed E-state index contributed by atoms with van der Waals surface area (Å²) in [6.07, 6.45) is 4.68. The highest BCUT2D eigenvalue weighted by Gasteiger charge is 2.24. The molecule has 0 N–H and O–H groups in total. The third kappa shape index (κ3) is 3.34. The molecule has 2 rings (SSSR count). The summed E-state index contributed by atoms with van der Waals surface area (Å²) in [5.41, 5.74) is 8.20. The molecule has 21 heavy (non-hydrogen) atoms. The fourth-order valence-electron chi connectivity index (χ4n) is 3.15. The fraction of sp³-hybridized carbons (Fsp3) is 0.450. The molecule has 0 heterocycles. The van der Waals surface area contributed by atoms with Gasteiger partial charge in [0.15, 0.2) is 0 Å². The minimum Gasteiger partial charge on any atom is -0.289 e. The van der Waals surface area contributed by atoms with E-state index in [2.05, 4.69) is 65.0 Å². The molecule has 1 heteroatoms. The van der Waals surface area contributed by atoms with E-state index in [0.717, 1.165) is 6.54 Å². The zero-order valence-corrected chi connectivity index (χ0v) is 14.0. The van der Waals surface area contributed by atoms with Crippen molar-refractivity contribution in [1.82, 2.24) is 0 Å². The average Bonchev–Trinajstić information content (AvgIpc) is 2.72. The molecule has 0 spiro atoms. The standard InChI is InChI=1S/C20H27N/c1-6-7-12-21-17(5)18-10-8-9-11-19(18)20-15(3)13-14(2)16(20)4/h8-11,13,20H,6-7,12H2,1-5H3. The second-order valence-corrected chi connectivity index (χ2v) is 6.10. The van der Waals surface area contributed by atoms with Crippen LogP contribution < -0.4 is 0 Å². The zero-order valence-electron chi connectivity index (χ0n) is 14.0. The van der Waals surface area contributed by atoms with Crippen LogP contribution >= 0.6 is 0 Å². The van der Waals surface area contributed by atoms with Gasteiger partial charge in [-0.2, -0.15) is 0 Å². The molecule has 1 aromatic carbocycles. The second-order valence-electron chi connectivity index (χ2n) is 6.10. The SMILES string of the molecule is CCCCN=C(C)c1ccccc1C1C(C)=CC(C)=C1C. The van der Waals surface area contributed by atoms with Crippen LogP contribution in [0.25, 0.3) is 0 Å². The minimum atomic E-state index is 0.428. The van der Waals surface area contributed by atoms with E-state index in [0.29, 0.717) is 5.92 Å². The molecule has 0 saturated carbocycles. The van der Waals surface area contributed by atoms with Crippen LogP contribution in [0.2, 0.25) is 0 Å². The molecule has 1 nitrogen and oxygen atoms in total. The van der Waals surface area contributed by atoms with Crippen molar-refractivity contribution < 1.29 is 0 Å². The summed E-state index contributed by atoms with van der Waals surface area (Å²) in [5, 5.41) is 0. The van der Waals surface area contributed by atoms with Crippen LogP contribution in [-0.4, -0.2) is 12.3 Å². The number of hydrogen-bond donors (Lipinski definition) is 0. The van der Waals surface area contributed by atoms with Gasteiger partial charge >= 0.3 is 0 Å². The van der Waals surface area contributed by atoms with Gasteiger partial charge in [0, 0.05) is 18.2 Å². The lowest BCUT2D eigenvalue weighted by molar-refractivity contribution is 0.807. The molecule has 1 atom stereocenters. The maximum absolute atomic E-state index is 4.77. The van der Waals surface area contributed by atoms with Gasteiger partial charge in [-0.05, 0) is 45.2 Å². The van der Waals surface area contributed by atoms with Gasteiger partial charge < -0.3 is 0 Å². The normalized spacial score (nSPS) is 19.2. The summed E-state index contributed by atoms with van der Waals surface area (Å²) in [4.78, 5) is 4.77. The van der Waals surface area contributed by atoms with Crippen LogP contribution in [0.3, 0.4) is 0 Å². The molecule has 0 radical (unpaired) electrons. The van der Waals surface area contributed by atoms with Crippen LogP contribution in [0.15, 0.2) is 52.1 Å². The number of unbranched alkanes of at least 4 members (excludes halogenated alkanes) is 1. The van der Waals surface area contributed by atoms with E-state index >= 15 is 0 Å². The summed E-state index contributed by atoms with van der Waals surface area (Å²) < 4.78 is 0. The quantitative estimate of drug-likeness (QED) is 0.486. The molecule has 1 unspecified atom stereocenters. The third-order valence-electron chi connectivity index (χ3n) is 4.48. The summed E-state index contributed by atoms with van der Waals surface area (Å²) >= 11 is 0. The molecular formula is C20H27N. The minimum absolute atomic E-state index is 0.428. The average molecular weight is 281 g/mol. The van der Waals surface area contributed by atoms with Crippen LogP contribution in [-0.2, 0) is 0 Å². The molecule has 0 aliphatic heterocycles. The van der Waals surface area contributed by atoms with E-state index in [9.17, 15) is 0 Å². The molecule has 1 aliphatic carbocycles. The first kappa shape index (κ1) is 15.8. The van der Waals surface area contributed by atoms with E-state index in [1.165, 1.54) is 46.4 Å². The van der Waals surface area contributed by atoms with Crippen molar-refractivity contribution in [3.63, 3.8) is 0 Å². The number of hydrogen-bond acceptors (Lipinski definition) is 1. The summed E-state index contributed by atoms with van der Waals surface area (Å²) in [7, 11) is 0. The van der Waals surface area contributed by atoms with Gasteiger partial charge in [-0.1, -0.05) is 60.4 Å². The van der Waals surface area contributed by atoms with Gasteiger partial charge in [-0.25, -0.2) is 0 Å². The Morgan fingerprint density at radius 1 is 1.14 bits per heavy atom. The Morgan fingerprint density at radius 2 is 1.86 bits per heavy atom. The number of allylic oxidation sites excluding steroid dienone is 4. The second kappa shape index (κ2) is 6.89.